The number of benzene rings is 1. The van der Waals surface area contributed by atoms with Crippen LogP contribution in [0.2, 0.25) is 0 Å². The number of carbonyl (C=O) groups excluding carboxylic acids is 1. The second-order valence-electron chi connectivity index (χ2n) is 6.10. The maximum atomic E-state index is 11.8. The molecule has 1 aromatic heterocycles. The molecule has 0 saturated carbocycles. The Morgan fingerprint density at radius 1 is 1.20 bits per heavy atom. The molecule has 0 aliphatic carbocycles. The van der Waals surface area contributed by atoms with Gasteiger partial charge in [0.2, 0.25) is 5.91 Å². The van der Waals surface area contributed by atoms with Gasteiger partial charge in [0.15, 0.2) is 11.0 Å². The van der Waals surface area contributed by atoms with Gasteiger partial charge in [0.05, 0.1) is 5.75 Å². The van der Waals surface area contributed by atoms with Crippen LogP contribution in [0.25, 0.3) is 11.4 Å². The van der Waals surface area contributed by atoms with E-state index in [2.05, 4.69) is 58.5 Å². The molecule has 0 saturated heterocycles. The van der Waals surface area contributed by atoms with E-state index in [-0.39, 0.29) is 11.9 Å². The molecule has 0 spiro atoms. The minimum Gasteiger partial charge on any atom is -0.372 e. The van der Waals surface area contributed by atoms with Crippen LogP contribution in [-0.4, -0.2) is 45.6 Å². The second-order valence-corrected chi connectivity index (χ2v) is 7.04. The molecule has 25 heavy (non-hydrogen) atoms. The van der Waals surface area contributed by atoms with Crippen molar-refractivity contribution in [2.24, 2.45) is 7.05 Å². The molecule has 0 aliphatic rings. The zero-order valence-electron chi connectivity index (χ0n) is 15.6. The highest BCUT2D eigenvalue weighted by Crippen LogP contribution is 2.24. The van der Waals surface area contributed by atoms with Crippen molar-refractivity contribution in [1.29, 1.82) is 0 Å². The molecule has 0 atom stereocenters. The number of aromatic nitrogens is 3. The Hall–Kier alpha value is -2.02. The van der Waals surface area contributed by atoms with E-state index in [0.717, 1.165) is 29.6 Å². The van der Waals surface area contributed by atoms with Gasteiger partial charge in [-0.2, -0.15) is 0 Å². The molecule has 1 N–H and O–H groups in total. The van der Waals surface area contributed by atoms with Crippen molar-refractivity contribution in [3.8, 4) is 11.4 Å². The number of hydrogen-bond acceptors (Lipinski definition) is 5. The predicted molar refractivity (Wildman–Crippen MR) is 104 cm³/mol. The molecule has 6 nitrogen and oxygen atoms in total. The largest absolute Gasteiger partial charge is 0.372 e. The zero-order chi connectivity index (χ0) is 18.4. The summed E-state index contributed by atoms with van der Waals surface area (Å²) in [6, 6.07) is 8.50. The van der Waals surface area contributed by atoms with Gasteiger partial charge in [-0.25, -0.2) is 0 Å². The van der Waals surface area contributed by atoms with Crippen molar-refractivity contribution in [3.63, 3.8) is 0 Å². The molecule has 1 heterocycles. The van der Waals surface area contributed by atoms with Crippen LogP contribution in [-0.2, 0) is 11.8 Å². The number of anilines is 1. The van der Waals surface area contributed by atoms with Crippen molar-refractivity contribution in [3.05, 3.63) is 24.3 Å². The minimum absolute atomic E-state index is 0.00752. The summed E-state index contributed by atoms with van der Waals surface area (Å²) in [5, 5.41) is 12.1. The van der Waals surface area contributed by atoms with Gasteiger partial charge in [0.1, 0.15) is 0 Å². The van der Waals surface area contributed by atoms with Gasteiger partial charge in [-0.15, -0.1) is 10.2 Å². The second kappa shape index (κ2) is 8.89. The SMILES string of the molecule is CCN(CC)c1ccc(-c2nnc(SCC(=O)NC(C)C)n2C)cc1. The molecule has 136 valence electrons. The highest BCUT2D eigenvalue weighted by Gasteiger charge is 2.13. The van der Waals surface area contributed by atoms with E-state index < -0.39 is 0 Å². The maximum Gasteiger partial charge on any atom is 0.230 e. The molecule has 0 bridgehead atoms. The van der Waals surface area contributed by atoms with Crippen molar-refractivity contribution >= 4 is 23.4 Å². The number of carbonyl (C=O) groups is 1. The first-order chi connectivity index (χ1) is 12.0. The molecular weight excluding hydrogens is 334 g/mol. The van der Waals surface area contributed by atoms with Crippen molar-refractivity contribution in [2.45, 2.75) is 38.9 Å². The number of amides is 1. The summed E-state index contributed by atoms with van der Waals surface area (Å²) < 4.78 is 1.93. The molecule has 0 fully saturated rings. The van der Waals surface area contributed by atoms with E-state index >= 15 is 0 Å². The molecule has 1 aromatic carbocycles. The summed E-state index contributed by atoms with van der Waals surface area (Å²) in [6.07, 6.45) is 0. The molecule has 0 unspecified atom stereocenters. The van der Waals surface area contributed by atoms with Crippen molar-refractivity contribution in [2.75, 3.05) is 23.7 Å². The monoisotopic (exact) mass is 361 g/mol. The van der Waals surface area contributed by atoms with Crippen molar-refractivity contribution in [1.82, 2.24) is 20.1 Å². The minimum atomic E-state index is 0.00752. The fourth-order valence-electron chi connectivity index (χ4n) is 2.60. The first kappa shape index (κ1) is 19.3. The highest BCUT2D eigenvalue weighted by atomic mass is 32.2. The number of nitrogens with zero attached hydrogens (tertiary/aromatic N) is 4. The summed E-state index contributed by atoms with van der Waals surface area (Å²) >= 11 is 1.40. The Morgan fingerprint density at radius 3 is 2.40 bits per heavy atom. The smallest absolute Gasteiger partial charge is 0.230 e. The van der Waals surface area contributed by atoms with Gasteiger partial charge < -0.3 is 14.8 Å². The van der Waals surface area contributed by atoms with Gasteiger partial charge in [-0.05, 0) is 52.0 Å². The number of rotatable bonds is 8. The maximum absolute atomic E-state index is 11.8. The third-order valence-corrected chi connectivity index (χ3v) is 4.89. The zero-order valence-corrected chi connectivity index (χ0v) is 16.4. The molecule has 7 heteroatoms. The highest BCUT2D eigenvalue weighted by molar-refractivity contribution is 7.99. The average Bonchev–Trinajstić information content (AvgIpc) is 2.95. The van der Waals surface area contributed by atoms with Crippen molar-refractivity contribution < 1.29 is 4.79 Å². The number of hydrogen-bond donors (Lipinski definition) is 1. The third kappa shape index (κ3) is 4.98. The first-order valence-corrected chi connectivity index (χ1v) is 9.61. The Kier molecular flexibility index (Phi) is 6.87. The molecule has 2 rings (SSSR count). The first-order valence-electron chi connectivity index (χ1n) is 8.63. The Balaban J connectivity index is 2.08. The lowest BCUT2D eigenvalue weighted by molar-refractivity contribution is -0.119. The Morgan fingerprint density at radius 2 is 1.84 bits per heavy atom. The topological polar surface area (TPSA) is 63.1 Å². The van der Waals surface area contributed by atoms with Gasteiger partial charge in [0.25, 0.3) is 0 Å². The van der Waals surface area contributed by atoms with Crippen LogP contribution in [0.15, 0.2) is 29.4 Å². The summed E-state index contributed by atoms with van der Waals surface area (Å²) in [6.45, 7) is 10.2. The molecule has 1 amide bonds. The fourth-order valence-corrected chi connectivity index (χ4v) is 3.32. The van der Waals surface area contributed by atoms with E-state index in [4.69, 9.17) is 0 Å². The third-order valence-electron chi connectivity index (χ3n) is 3.87. The van der Waals surface area contributed by atoms with Crippen LogP contribution in [0.1, 0.15) is 27.7 Å². The lowest BCUT2D eigenvalue weighted by Crippen LogP contribution is -2.31. The van der Waals surface area contributed by atoms with E-state index in [1.807, 2.05) is 25.5 Å². The van der Waals surface area contributed by atoms with E-state index in [1.54, 1.807) is 0 Å². The van der Waals surface area contributed by atoms with Crippen LogP contribution < -0.4 is 10.2 Å². The molecule has 2 aromatic rings. The lowest BCUT2D eigenvalue weighted by Gasteiger charge is -2.21. The van der Waals surface area contributed by atoms with Crippen LogP contribution in [0, 0.1) is 0 Å². The number of nitrogens with one attached hydrogen (secondary N) is 1. The van der Waals surface area contributed by atoms with E-state index in [9.17, 15) is 4.79 Å². The van der Waals surface area contributed by atoms with Gasteiger partial charge in [-0.3, -0.25) is 4.79 Å². The quantitative estimate of drug-likeness (QED) is 0.733. The fraction of sp³-hybridized carbons (Fsp3) is 0.500. The summed E-state index contributed by atoms with van der Waals surface area (Å²) in [4.78, 5) is 14.1. The number of thioether (sulfide) groups is 1. The van der Waals surface area contributed by atoms with E-state index in [1.165, 1.54) is 17.4 Å². The average molecular weight is 362 g/mol. The van der Waals surface area contributed by atoms with Gasteiger partial charge in [0, 0.05) is 37.4 Å². The van der Waals surface area contributed by atoms with Crippen LogP contribution >= 0.6 is 11.8 Å². The molecule has 0 radical (unpaired) electrons. The standard InChI is InChI=1S/C18H27N5OS/c1-6-23(7-2)15-10-8-14(9-11-15)17-20-21-18(22(17)5)25-12-16(24)19-13(3)4/h8-11,13H,6-7,12H2,1-5H3,(H,19,24). The lowest BCUT2D eigenvalue weighted by atomic mass is 10.2. The van der Waals surface area contributed by atoms with Gasteiger partial charge in [-0.1, -0.05) is 11.8 Å². The van der Waals surface area contributed by atoms with Crippen LogP contribution in [0.4, 0.5) is 5.69 Å². The summed E-state index contributed by atoms with van der Waals surface area (Å²) in [7, 11) is 1.93. The normalized spacial score (nSPS) is 11.0. The van der Waals surface area contributed by atoms with Crippen LogP contribution in [0.3, 0.4) is 0 Å². The summed E-state index contributed by atoms with van der Waals surface area (Å²) in [5.74, 6) is 1.15. The Bertz CT molecular complexity index is 692. The molecular formula is C18H27N5OS. The Labute approximate surface area is 154 Å². The summed E-state index contributed by atoms with van der Waals surface area (Å²) in [5.41, 5.74) is 2.22. The predicted octanol–water partition coefficient (Wildman–Crippen LogP) is 2.95. The van der Waals surface area contributed by atoms with E-state index in [0.29, 0.717) is 5.75 Å². The van der Waals surface area contributed by atoms with Crippen LogP contribution in [0.5, 0.6) is 0 Å². The molecule has 0 aliphatic heterocycles. The van der Waals surface area contributed by atoms with Gasteiger partial charge >= 0.3 is 0 Å².